The van der Waals surface area contributed by atoms with Crippen LogP contribution in [0.25, 0.3) is 0 Å². The van der Waals surface area contributed by atoms with E-state index in [9.17, 15) is 4.79 Å². The molecule has 0 radical (unpaired) electrons. The topological polar surface area (TPSA) is 35.6 Å². The van der Waals surface area contributed by atoms with Crippen LogP contribution in [0.4, 0.5) is 0 Å². The molecule has 88 valence electrons. The van der Waals surface area contributed by atoms with E-state index < -0.39 is 0 Å². The summed E-state index contributed by atoms with van der Waals surface area (Å²) >= 11 is 0. The highest BCUT2D eigenvalue weighted by Crippen LogP contribution is 2.14. The lowest BCUT2D eigenvalue weighted by atomic mass is 10.0. The summed E-state index contributed by atoms with van der Waals surface area (Å²) in [5, 5.41) is 3.01. The van der Waals surface area contributed by atoms with Gasteiger partial charge in [0, 0.05) is 26.1 Å². The molecule has 1 aliphatic heterocycles. The van der Waals surface area contributed by atoms with Crippen molar-refractivity contribution in [1.82, 2.24) is 15.1 Å². The van der Waals surface area contributed by atoms with Crippen molar-refractivity contribution in [2.24, 2.45) is 0 Å². The molecular weight excluding hydrogens is 190 g/mol. The number of rotatable bonds is 4. The highest BCUT2D eigenvalue weighted by atomic mass is 16.2. The lowest BCUT2D eigenvalue weighted by molar-refractivity contribution is -0.132. The molecule has 1 N–H and O–H groups in total. The van der Waals surface area contributed by atoms with Gasteiger partial charge in [0.25, 0.3) is 0 Å². The predicted molar refractivity (Wildman–Crippen MR) is 61.8 cm³/mol. The molecule has 1 amide bonds. The molecule has 1 rings (SSSR count). The minimum atomic E-state index is 0.263. The molecular formula is C11H23N3O. The van der Waals surface area contributed by atoms with E-state index in [0.717, 1.165) is 32.5 Å². The second-order valence-corrected chi connectivity index (χ2v) is 4.39. The molecule has 0 aliphatic carbocycles. The van der Waals surface area contributed by atoms with Crippen molar-refractivity contribution in [3.8, 4) is 0 Å². The Balaban J connectivity index is 2.32. The van der Waals surface area contributed by atoms with Crippen molar-refractivity contribution >= 4 is 5.91 Å². The molecule has 0 atom stereocenters. The third-order valence-electron chi connectivity index (χ3n) is 3.22. The van der Waals surface area contributed by atoms with Crippen molar-refractivity contribution in [1.29, 1.82) is 0 Å². The number of carbonyl (C=O) groups is 1. The average Bonchev–Trinajstić information content (AvgIpc) is 2.26. The SMILES string of the molecule is CNCCC(=O)N(C)C1CCN(C)CC1. The molecule has 1 aliphatic rings. The Morgan fingerprint density at radius 1 is 1.47 bits per heavy atom. The average molecular weight is 213 g/mol. The summed E-state index contributed by atoms with van der Waals surface area (Å²) in [5.74, 6) is 0.263. The zero-order valence-corrected chi connectivity index (χ0v) is 10.1. The van der Waals surface area contributed by atoms with Crippen LogP contribution in [-0.2, 0) is 4.79 Å². The van der Waals surface area contributed by atoms with Crippen LogP contribution in [0.15, 0.2) is 0 Å². The normalized spacial score (nSPS) is 19.1. The fourth-order valence-corrected chi connectivity index (χ4v) is 1.99. The van der Waals surface area contributed by atoms with Crippen LogP contribution in [0.3, 0.4) is 0 Å². The monoisotopic (exact) mass is 213 g/mol. The van der Waals surface area contributed by atoms with Gasteiger partial charge in [0.05, 0.1) is 0 Å². The van der Waals surface area contributed by atoms with Crippen molar-refractivity contribution in [2.75, 3.05) is 40.8 Å². The van der Waals surface area contributed by atoms with Gasteiger partial charge in [-0.25, -0.2) is 0 Å². The quantitative estimate of drug-likeness (QED) is 0.722. The molecule has 0 aromatic rings. The van der Waals surface area contributed by atoms with Crippen molar-refractivity contribution in [2.45, 2.75) is 25.3 Å². The Kier molecular flexibility index (Phi) is 5.05. The third-order valence-corrected chi connectivity index (χ3v) is 3.22. The van der Waals surface area contributed by atoms with Gasteiger partial charge in [-0.2, -0.15) is 0 Å². The zero-order valence-electron chi connectivity index (χ0n) is 10.1. The predicted octanol–water partition coefficient (Wildman–Crippen LogP) is 0.149. The van der Waals surface area contributed by atoms with Crippen LogP contribution in [0.2, 0.25) is 0 Å². The summed E-state index contributed by atoms with van der Waals surface area (Å²) < 4.78 is 0. The molecule has 0 unspecified atom stereocenters. The maximum absolute atomic E-state index is 11.8. The molecule has 0 saturated carbocycles. The van der Waals surface area contributed by atoms with Crippen LogP contribution in [0, 0.1) is 0 Å². The second kappa shape index (κ2) is 6.08. The number of nitrogens with zero attached hydrogens (tertiary/aromatic N) is 2. The number of hydrogen-bond donors (Lipinski definition) is 1. The molecule has 0 bridgehead atoms. The van der Waals surface area contributed by atoms with Gasteiger partial charge in [-0.05, 0) is 40.0 Å². The van der Waals surface area contributed by atoms with Crippen LogP contribution in [0.5, 0.6) is 0 Å². The maximum Gasteiger partial charge on any atom is 0.223 e. The van der Waals surface area contributed by atoms with Crippen LogP contribution >= 0.6 is 0 Å². The fourth-order valence-electron chi connectivity index (χ4n) is 1.99. The second-order valence-electron chi connectivity index (χ2n) is 4.39. The number of carbonyl (C=O) groups excluding carboxylic acids is 1. The van der Waals surface area contributed by atoms with Crippen molar-refractivity contribution in [3.63, 3.8) is 0 Å². The minimum absolute atomic E-state index is 0.263. The lowest BCUT2D eigenvalue weighted by Crippen LogP contribution is -2.44. The van der Waals surface area contributed by atoms with Gasteiger partial charge in [-0.15, -0.1) is 0 Å². The highest BCUT2D eigenvalue weighted by Gasteiger charge is 2.23. The summed E-state index contributed by atoms with van der Waals surface area (Å²) in [4.78, 5) is 16.0. The van der Waals surface area contributed by atoms with E-state index in [1.807, 2.05) is 19.0 Å². The number of likely N-dealkylation sites (tertiary alicyclic amines) is 1. The van der Waals surface area contributed by atoms with Gasteiger partial charge in [-0.3, -0.25) is 4.79 Å². The first-order chi connectivity index (χ1) is 7.15. The standard InChI is InChI=1S/C11H23N3O/c1-12-7-4-11(15)14(3)10-5-8-13(2)9-6-10/h10,12H,4-9H2,1-3H3. The summed E-state index contributed by atoms with van der Waals surface area (Å²) in [6.45, 7) is 2.98. The highest BCUT2D eigenvalue weighted by molar-refractivity contribution is 5.76. The molecule has 1 saturated heterocycles. The van der Waals surface area contributed by atoms with E-state index in [1.54, 1.807) is 0 Å². The molecule has 4 heteroatoms. The Labute approximate surface area is 92.6 Å². The van der Waals surface area contributed by atoms with E-state index in [0.29, 0.717) is 12.5 Å². The fraction of sp³-hybridized carbons (Fsp3) is 0.909. The van der Waals surface area contributed by atoms with E-state index in [-0.39, 0.29) is 5.91 Å². The molecule has 4 nitrogen and oxygen atoms in total. The Bertz CT molecular complexity index is 200. The van der Waals surface area contributed by atoms with Gasteiger partial charge >= 0.3 is 0 Å². The molecule has 1 fully saturated rings. The molecule has 0 aromatic heterocycles. The maximum atomic E-state index is 11.8. The summed E-state index contributed by atoms with van der Waals surface area (Å²) in [7, 11) is 5.95. The Hall–Kier alpha value is -0.610. The number of nitrogens with one attached hydrogen (secondary N) is 1. The Morgan fingerprint density at radius 2 is 2.07 bits per heavy atom. The summed E-state index contributed by atoms with van der Waals surface area (Å²) in [6, 6.07) is 0.450. The smallest absolute Gasteiger partial charge is 0.223 e. The van der Waals surface area contributed by atoms with E-state index >= 15 is 0 Å². The number of piperidine rings is 1. The van der Waals surface area contributed by atoms with Gasteiger partial charge in [0.2, 0.25) is 5.91 Å². The largest absolute Gasteiger partial charge is 0.343 e. The summed E-state index contributed by atoms with van der Waals surface area (Å²) in [5.41, 5.74) is 0. The molecule has 0 aromatic carbocycles. The van der Waals surface area contributed by atoms with Gasteiger partial charge in [0.1, 0.15) is 0 Å². The van der Waals surface area contributed by atoms with Gasteiger partial charge in [0.15, 0.2) is 0 Å². The van der Waals surface area contributed by atoms with Crippen LogP contribution in [0.1, 0.15) is 19.3 Å². The zero-order chi connectivity index (χ0) is 11.3. The molecule has 15 heavy (non-hydrogen) atoms. The van der Waals surface area contributed by atoms with Crippen molar-refractivity contribution < 1.29 is 4.79 Å². The minimum Gasteiger partial charge on any atom is -0.343 e. The number of hydrogen-bond acceptors (Lipinski definition) is 3. The van der Waals surface area contributed by atoms with Gasteiger partial charge < -0.3 is 15.1 Å². The van der Waals surface area contributed by atoms with Crippen LogP contribution < -0.4 is 5.32 Å². The van der Waals surface area contributed by atoms with E-state index in [1.165, 1.54) is 0 Å². The van der Waals surface area contributed by atoms with E-state index in [2.05, 4.69) is 17.3 Å². The third kappa shape index (κ3) is 3.80. The van der Waals surface area contributed by atoms with Gasteiger partial charge in [-0.1, -0.05) is 0 Å². The van der Waals surface area contributed by atoms with Crippen molar-refractivity contribution in [3.05, 3.63) is 0 Å². The van der Waals surface area contributed by atoms with Crippen LogP contribution in [-0.4, -0.2) is 62.5 Å². The Morgan fingerprint density at radius 3 is 2.60 bits per heavy atom. The molecule has 1 heterocycles. The summed E-state index contributed by atoms with van der Waals surface area (Å²) in [6.07, 6.45) is 2.83. The molecule has 0 spiro atoms. The number of amides is 1. The first-order valence-corrected chi connectivity index (χ1v) is 5.74. The van der Waals surface area contributed by atoms with E-state index in [4.69, 9.17) is 0 Å². The first kappa shape index (κ1) is 12.5. The lowest BCUT2D eigenvalue weighted by Gasteiger charge is -2.35. The first-order valence-electron chi connectivity index (χ1n) is 5.74.